The minimum absolute atomic E-state index is 0.150. The average Bonchev–Trinajstić information content (AvgIpc) is 2.97. The summed E-state index contributed by atoms with van der Waals surface area (Å²) in [6.45, 7) is 1.95. The summed E-state index contributed by atoms with van der Waals surface area (Å²) in [5.41, 5.74) is 1.83. The van der Waals surface area contributed by atoms with Gasteiger partial charge in [0.25, 0.3) is 5.91 Å². The highest BCUT2D eigenvalue weighted by Crippen LogP contribution is 2.21. The molecule has 0 atom stereocenters. The zero-order valence-electron chi connectivity index (χ0n) is 13.8. The molecule has 2 aromatic carbocycles. The van der Waals surface area contributed by atoms with Crippen LogP contribution in [0.2, 0.25) is 5.02 Å². The summed E-state index contributed by atoms with van der Waals surface area (Å²) in [7, 11) is 0. The van der Waals surface area contributed by atoms with Crippen molar-refractivity contribution < 1.29 is 9.18 Å². The molecule has 5 nitrogen and oxygen atoms in total. The largest absolute Gasteiger partial charge is 0.305 e. The first-order chi connectivity index (χ1) is 12.5. The number of aromatic nitrogens is 2. The smallest absolute Gasteiger partial charge is 0.256 e. The second-order valence-electron chi connectivity index (χ2n) is 5.68. The van der Waals surface area contributed by atoms with E-state index in [1.807, 2.05) is 6.07 Å². The van der Waals surface area contributed by atoms with Gasteiger partial charge in [0.2, 0.25) is 0 Å². The van der Waals surface area contributed by atoms with Gasteiger partial charge in [0.15, 0.2) is 5.82 Å². The van der Waals surface area contributed by atoms with Crippen LogP contribution in [-0.4, -0.2) is 15.7 Å². The molecule has 0 bridgehead atoms. The van der Waals surface area contributed by atoms with Crippen LogP contribution < -0.4 is 5.32 Å². The van der Waals surface area contributed by atoms with Crippen molar-refractivity contribution in [3.63, 3.8) is 0 Å². The first-order valence-corrected chi connectivity index (χ1v) is 8.14. The highest BCUT2D eigenvalue weighted by atomic mass is 35.5. The molecule has 1 heterocycles. The Morgan fingerprint density at radius 2 is 2.08 bits per heavy atom. The average molecular weight is 369 g/mol. The highest BCUT2D eigenvalue weighted by Gasteiger charge is 2.13. The van der Waals surface area contributed by atoms with Gasteiger partial charge in [-0.2, -0.15) is 10.4 Å². The van der Waals surface area contributed by atoms with E-state index in [1.165, 1.54) is 18.2 Å². The normalized spacial score (nSPS) is 10.4. The number of carbonyl (C=O) groups is 1. The van der Waals surface area contributed by atoms with Crippen LogP contribution in [0, 0.1) is 24.1 Å². The Kier molecular flexibility index (Phi) is 5.01. The fraction of sp³-hybridized carbons (Fsp3) is 0.105. The zero-order chi connectivity index (χ0) is 18.7. The summed E-state index contributed by atoms with van der Waals surface area (Å²) < 4.78 is 15.5. The monoisotopic (exact) mass is 368 g/mol. The van der Waals surface area contributed by atoms with Crippen LogP contribution in [0.1, 0.15) is 27.2 Å². The number of carbonyl (C=O) groups excluding carboxylic acids is 1. The van der Waals surface area contributed by atoms with Crippen LogP contribution in [0.4, 0.5) is 10.2 Å². The predicted molar refractivity (Wildman–Crippen MR) is 96.6 cm³/mol. The fourth-order valence-electron chi connectivity index (χ4n) is 2.48. The molecule has 0 aliphatic carbocycles. The minimum atomic E-state index is -0.411. The first-order valence-electron chi connectivity index (χ1n) is 7.77. The Labute approximate surface area is 154 Å². The number of halogens is 2. The molecule has 0 aliphatic heterocycles. The second kappa shape index (κ2) is 7.38. The molecule has 1 amide bonds. The van der Waals surface area contributed by atoms with E-state index in [2.05, 4.69) is 10.4 Å². The predicted octanol–water partition coefficient (Wildman–Crippen LogP) is 4.16. The third-order valence-corrected chi connectivity index (χ3v) is 4.20. The topological polar surface area (TPSA) is 70.7 Å². The van der Waals surface area contributed by atoms with Crippen molar-refractivity contribution in [3.05, 3.63) is 81.8 Å². The number of benzene rings is 2. The van der Waals surface area contributed by atoms with Gasteiger partial charge in [-0.15, -0.1) is 0 Å². The van der Waals surface area contributed by atoms with Crippen molar-refractivity contribution in [2.24, 2.45) is 0 Å². The minimum Gasteiger partial charge on any atom is -0.305 e. The Hall–Kier alpha value is -3.17. The van der Waals surface area contributed by atoms with Crippen molar-refractivity contribution in [2.75, 3.05) is 5.32 Å². The van der Waals surface area contributed by atoms with Crippen molar-refractivity contribution in [3.8, 4) is 6.07 Å². The molecule has 1 N–H and O–H groups in total. The highest BCUT2D eigenvalue weighted by molar-refractivity contribution is 6.31. The van der Waals surface area contributed by atoms with Gasteiger partial charge < -0.3 is 5.32 Å². The van der Waals surface area contributed by atoms with E-state index in [0.29, 0.717) is 27.5 Å². The molecule has 130 valence electrons. The molecule has 7 heteroatoms. The lowest BCUT2D eigenvalue weighted by Crippen LogP contribution is -2.13. The van der Waals surface area contributed by atoms with Crippen LogP contribution in [0.3, 0.4) is 0 Å². The molecule has 0 saturated heterocycles. The molecule has 0 aliphatic rings. The SMILES string of the molecule is Cc1cc(NC(=O)c2cccc(C#N)c2)nn1Cc1c(F)cccc1Cl. The van der Waals surface area contributed by atoms with Gasteiger partial charge in [0, 0.05) is 27.9 Å². The molecule has 0 spiro atoms. The van der Waals surface area contributed by atoms with Gasteiger partial charge in [-0.1, -0.05) is 23.7 Å². The van der Waals surface area contributed by atoms with Gasteiger partial charge in [0.05, 0.1) is 18.2 Å². The van der Waals surface area contributed by atoms with Crippen molar-refractivity contribution in [1.29, 1.82) is 5.26 Å². The summed E-state index contributed by atoms with van der Waals surface area (Å²) >= 11 is 6.05. The maximum Gasteiger partial charge on any atom is 0.256 e. The van der Waals surface area contributed by atoms with E-state index >= 15 is 0 Å². The second-order valence-corrected chi connectivity index (χ2v) is 6.08. The Morgan fingerprint density at radius 1 is 1.31 bits per heavy atom. The van der Waals surface area contributed by atoms with Crippen LogP contribution in [-0.2, 0) is 6.54 Å². The van der Waals surface area contributed by atoms with Crippen molar-refractivity contribution in [1.82, 2.24) is 9.78 Å². The third-order valence-electron chi connectivity index (χ3n) is 3.85. The Bertz CT molecular complexity index is 1000. The zero-order valence-corrected chi connectivity index (χ0v) is 14.6. The summed E-state index contributed by atoms with van der Waals surface area (Å²) in [4.78, 5) is 12.3. The lowest BCUT2D eigenvalue weighted by molar-refractivity contribution is 0.102. The molecule has 0 radical (unpaired) electrons. The molecule has 26 heavy (non-hydrogen) atoms. The van der Waals surface area contributed by atoms with E-state index in [9.17, 15) is 9.18 Å². The number of nitrogens with zero attached hydrogens (tertiary/aromatic N) is 3. The Morgan fingerprint density at radius 3 is 2.81 bits per heavy atom. The van der Waals surface area contributed by atoms with E-state index in [1.54, 1.807) is 41.9 Å². The third kappa shape index (κ3) is 3.73. The lowest BCUT2D eigenvalue weighted by atomic mass is 10.1. The molecular formula is C19H14ClFN4O. The number of nitriles is 1. The van der Waals surface area contributed by atoms with Crippen LogP contribution in [0.25, 0.3) is 0 Å². The fourth-order valence-corrected chi connectivity index (χ4v) is 2.71. The molecule has 0 saturated carbocycles. The van der Waals surface area contributed by atoms with Gasteiger partial charge in [-0.25, -0.2) is 4.39 Å². The molecular weight excluding hydrogens is 355 g/mol. The summed E-state index contributed by atoms with van der Waals surface area (Å²) in [6.07, 6.45) is 0. The van der Waals surface area contributed by atoms with Crippen LogP contribution >= 0.6 is 11.6 Å². The summed E-state index contributed by atoms with van der Waals surface area (Å²) in [5.74, 6) is -0.454. The van der Waals surface area contributed by atoms with Gasteiger partial charge in [-0.05, 0) is 37.3 Å². The number of hydrogen-bond acceptors (Lipinski definition) is 3. The molecule has 0 fully saturated rings. The van der Waals surface area contributed by atoms with Gasteiger partial charge >= 0.3 is 0 Å². The number of rotatable bonds is 4. The molecule has 3 rings (SSSR count). The number of nitrogens with one attached hydrogen (secondary N) is 1. The molecule has 3 aromatic rings. The summed E-state index contributed by atoms with van der Waals surface area (Å²) in [5, 5.41) is 16.2. The maximum atomic E-state index is 14.0. The number of anilines is 1. The Balaban J connectivity index is 1.80. The van der Waals surface area contributed by atoms with Gasteiger partial charge in [0.1, 0.15) is 5.82 Å². The standard InChI is InChI=1S/C19H14ClFN4O/c1-12-8-18(23-19(26)14-5-2-4-13(9-14)10-22)24-25(12)11-15-16(20)6-3-7-17(15)21/h2-9H,11H2,1H3,(H,23,24,26). The van der Waals surface area contributed by atoms with E-state index in [4.69, 9.17) is 16.9 Å². The number of amides is 1. The lowest BCUT2D eigenvalue weighted by Gasteiger charge is -2.07. The van der Waals surface area contributed by atoms with Crippen molar-refractivity contribution in [2.45, 2.75) is 13.5 Å². The molecule has 0 unspecified atom stereocenters. The van der Waals surface area contributed by atoms with E-state index < -0.39 is 5.82 Å². The van der Waals surface area contributed by atoms with Crippen molar-refractivity contribution >= 4 is 23.3 Å². The van der Waals surface area contributed by atoms with Gasteiger partial charge in [-0.3, -0.25) is 9.48 Å². The van der Waals surface area contributed by atoms with Crippen LogP contribution in [0.15, 0.2) is 48.5 Å². The summed E-state index contributed by atoms with van der Waals surface area (Å²) in [6, 6.07) is 14.5. The quantitative estimate of drug-likeness (QED) is 0.751. The number of hydrogen-bond donors (Lipinski definition) is 1. The van der Waals surface area contributed by atoms with Crippen LogP contribution in [0.5, 0.6) is 0 Å². The van der Waals surface area contributed by atoms with E-state index in [0.717, 1.165) is 5.69 Å². The first kappa shape index (κ1) is 17.6. The maximum absolute atomic E-state index is 14.0. The molecule has 1 aromatic heterocycles. The number of aryl methyl sites for hydroxylation is 1. The van der Waals surface area contributed by atoms with E-state index in [-0.39, 0.29) is 12.5 Å².